The highest BCUT2D eigenvalue weighted by molar-refractivity contribution is 5.88. The summed E-state index contributed by atoms with van der Waals surface area (Å²) in [5, 5.41) is 3.92. The van der Waals surface area contributed by atoms with Gasteiger partial charge in [-0.1, -0.05) is 24.3 Å². The topological polar surface area (TPSA) is 32.3 Å². The average molecular weight is 308 g/mol. The summed E-state index contributed by atoms with van der Waals surface area (Å²) < 4.78 is 0. The fraction of sp³-hybridized carbons (Fsp3) is 0.550. The molecule has 1 aromatic rings. The van der Waals surface area contributed by atoms with E-state index in [0.29, 0.717) is 17.7 Å². The molecule has 23 heavy (non-hydrogen) atoms. The summed E-state index contributed by atoms with van der Waals surface area (Å²) in [5.41, 5.74) is 2.63. The minimum Gasteiger partial charge on any atom is -0.377 e. The first kappa shape index (κ1) is 13.8. The maximum atomic E-state index is 13.0. The van der Waals surface area contributed by atoms with Gasteiger partial charge in [-0.3, -0.25) is 9.69 Å². The normalized spacial score (nSPS) is 41.0. The van der Waals surface area contributed by atoms with E-state index >= 15 is 0 Å². The van der Waals surface area contributed by atoms with Crippen LogP contribution in [0.5, 0.6) is 0 Å². The second-order valence-corrected chi connectivity index (χ2v) is 7.85. The highest BCUT2D eigenvalue weighted by atomic mass is 16.1. The van der Waals surface area contributed by atoms with Gasteiger partial charge in [0.2, 0.25) is 0 Å². The van der Waals surface area contributed by atoms with E-state index in [-0.39, 0.29) is 11.0 Å². The van der Waals surface area contributed by atoms with Crippen LogP contribution in [0.3, 0.4) is 0 Å². The predicted molar refractivity (Wildman–Crippen MR) is 91.6 cm³/mol. The summed E-state index contributed by atoms with van der Waals surface area (Å²) in [6.45, 7) is 6.03. The molecular formula is C20H24N2O. The molecule has 1 aliphatic carbocycles. The Hall–Kier alpha value is -1.61. The zero-order chi connectivity index (χ0) is 15.7. The maximum absolute atomic E-state index is 13.0. The van der Waals surface area contributed by atoms with Crippen LogP contribution >= 0.6 is 0 Å². The van der Waals surface area contributed by atoms with Gasteiger partial charge < -0.3 is 5.32 Å². The fourth-order valence-corrected chi connectivity index (χ4v) is 6.35. The van der Waals surface area contributed by atoms with Gasteiger partial charge >= 0.3 is 0 Å². The SMILES string of the molecule is C=CC[C@]12CC[C@]34Nc5ccccc5[C@H]3CCN(CCC1=O)[C@H]24. The number of nitrogens with zero attached hydrogens (tertiary/aromatic N) is 1. The Bertz CT molecular complexity index is 699. The van der Waals surface area contributed by atoms with Crippen LogP contribution in [0.2, 0.25) is 0 Å². The second kappa shape index (κ2) is 4.47. The molecule has 0 amide bonds. The quantitative estimate of drug-likeness (QED) is 0.851. The van der Waals surface area contributed by atoms with E-state index in [4.69, 9.17) is 0 Å². The largest absolute Gasteiger partial charge is 0.377 e. The molecular weight excluding hydrogens is 284 g/mol. The monoisotopic (exact) mass is 308 g/mol. The van der Waals surface area contributed by atoms with Gasteiger partial charge in [-0.25, -0.2) is 0 Å². The molecule has 1 aromatic carbocycles. The number of hydrogen-bond donors (Lipinski definition) is 1. The van der Waals surface area contributed by atoms with Gasteiger partial charge in [0.25, 0.3) is 0 Å². The molecule has 0 aromatic heterocycles. The van der Waals surface area contributed by atoms with Gasteiger partial charge in [-0.05, 0) is 43.9 Å². The molecule has 120 valence electrons. The molecule has 4 aliphatic rings. The molecule has 4 atom stereocenters. The van der Waals surface area contributed by atoms with Crippen molar-refractivity contribution in [2.45, 2.75) is 49.6 Å². The molecule has 5 rings (SSSR count). The first-order valence-corrected chi connectivity index (χ1v) is 8.97. The van der Waals surface area contributed by atoms with Crippen LogP contribution in [-0.2, 0) is 4.79 Å². The number of benzene rings is 1. The van der Waals surface area contributed by atoms with Crippen molar-refractivity contribution in [2.75, 3.05) is 18.4 Å². The van der Waals surface area contributed by atoms with Gasteiger partial charge in [0.05, 0.1) is 11.0 Å². The molecule has 0 bridgehead atoms. The highest BCUT2D eigenvalue weighted by Gasteiger charge is 2.68. The van der Waals surface area contributed by atoms with Crippen molar-refractivity contribution in [2.24, 2.45) is 5.41 Å². The number of carbonyl (C=O) groups is 1. The average Bonchev–Trinajstić information content (AvgIpc) is 3.07. The lowest BCUT2D eigenvalue weighted by molar-refractivity contribution is -0.139. The van der Waals surface area contributed by atoms with Crippen LogP contribution in [0.4, 0.5) is 5.69 Å². The summed E-state index contributed by atoms with van der Waals surface area (Å²) in [7, 11) is 0. The Balaban J connectivity index is 1.67. The van der Waals surface area contributed by atoms with Crippen molar-refractivity contribution >= 4 is 11.5 Å². The van der Waals surface area contributed by atoms with E-state index < -0.39 is 0 Å². The van der Waals surface area contributed by atoms with Crippen LogP contribution in [-0.4, -0.2) is 35.4 Å². The van der Waals surface area contributed by atoms with E-state index in [2.05, 4.69) is 41.1 Å². The Morgan fingerprint density at radius 1 is 1.30 bits per heavy atom. The van der Waals surface area contributed by atoms with E-state index in [1.165, 1.54) is 17.7 Å². The van der Waals surface area contributed by atoms with Crippen molar-refractivity contribution in [3.63, 3.8) is 0 Å². The fourth-order valence-electron chi connectivity index (χ4n) is 6.35. The Morgan fingerprint density at radius 2 is 2.17 bits per heavy atom. The lowest BCUT2D eigenvalue weighted by Crippen LogP contribution is -2.67. The van der Waals surface area contributed by atoms with Crippen molar-refractivity contribution < 1.29 is 4.79 Å². The molecule has 3 aliphatic heterocycles. The number of Topliss-reactive ketones (excluding diaryl/α,β-unsaturated/α-hetero) is 1. The number of allylic oxidation sites excluding steroid dienone is 1. The van der Waals surface area contributed by atoms with E-state index in [9.17, 15) is 4.79 Å². The van der Waals surface area contributed by atoms with Gasteiger partial charge in [0, 0.05) is 30.6 Å². The number of carbonyl (C=O) groups excluding carboxylic acids is 1. The van der Waals surface area contributed by atoms with Crippen LogP contribution in [0.1, 0.15) is 43.6 Å². The number of rotatable bonds is 2. The van der Waals surface area contributed by atoms with Crippen LogP contribution in [0, 0.1) is 5.41 Å². The maximum Gasteiger partial charge on any atom is 0.142 e. The summed E-state index contributed by atoms with van der Waals surface area (Å²) in [6.07, 6.45) is 6.85. The van der Waals surface area contributed by atoms with Crippen molar-refractivity contribution in [1.29, 1.82) is 0 Å². The third-order valence-electron chi connectivity index (χ3n) is 7.08. The number of anilines is 1. The number of ketones is 1. The van der Waals surface area contributed by atoms with Gasteiger partial charge in [-0.15, -0.1) is 6.58 Å². The van der Waals surface area contributed by atoms with E-state index in [1.54, 1.807) is 0 Å². The number of para-hydroxylation sites is 1. The van der Waals surface area contributed by atoms with Crippen LogP contribution in [0.25, 0.3) is 0 Å². The standard InChI is InChI=1S/C20H24N2O/c1-2-9-19-10-11-20-15(14-5-3-4-6-16(14)21-20)7-12-22(18(19)20)13-8-17(19)23/h2-6,15,18,21H,1,7-13H2/t15-,18-,19+,20+/m1/s1. The smallest absolute Gasteiger partial charge is 0.142 e. The molecule has 1 saturated carbocycles. The summed E-state index contributed by atoms with van der Waals surface area (Å²) in [6, 6.07) is 9.11. The van der Waals surface area contributed by atoms with Gasteiger partial charge in [0.1, 0.15) is 5.78 Å². The van der Waals surface area contributed by atoms with Gasteiger partial charge in [0.15, 0.2) is 0 Å². The molecule has 1 spiro atoms. The van der Waals surface area contributed by atoms with E-state index in [0.717, 1.165) is 38.8 Å². The Morgan fingerprint density at radius 3 is 3.04 bits per heavy atom. The minimum atomic E-state index is -0.201. The molecule has 3 fully saturated rings. The third-order valence-corrected chi connectivity index (χ3v) is 7.08. The van der Waals surface area contributed by atoms with Crippen molar-refractivity contribution in [1.82, 2.24) is 4.90 Å². The summed E-state index contributed by atoms with van der Waals surface area (Å²) >= 11 is 0. The van der Waals surface area contributed by atoms with Crippen molar-refractivity contribution in [3.8, 4) is 0 Å². The lowest BCUT2D eigenvalue weighted by Gasteiger charge is -2.55. The number of fused-ring (bicyclic) bond motifs is 2. The van der Waals surface area contributed by atoms with Gasteiger partial charge in [-0.2, -0.15) is 0 Å². The second-order valence-electron chi connectivity index (χ2n) is 7.85. The van der Waals surface area contributed by atoms with Crippen LogP contribution in [0.15, 0.2) is 36.9 Å². The molecule has 3 nitrogen and oxygen atoms in total. The molecule has 0 radical (unpaired) electrons. The first-order valence-electron chi connectivity index (χ1n) is 8.97. The Labute approximate surface area is 137 Å². The minimum absolute atomic E-state index is 0.0566. The predicted octanol–water partition coefficient (Wildman–Crippen LogP) is 3.34. The zero-order valence-corrected chi connectivity index (χ0v) is 13.6. The number of piperidine rings is 2. The highest BCUT2D eigenvalue weighted by Crippen LogP contribution is 2.63. The molecule has 1 N–H and O–H groups in total. The summed E-state index contributed by atoms with van der Waals surface area (Å²) in [5.74, 6) is 1.03. The van der Waals surface area contributed by atoms with E-state index in [1.807, 2.05) is 6.08 Å². The summed E-state index contributed by atoms with van der Waals surface area (Å²) in [4.78, 5) is 15.6. The first-order chi connectivity index (χ1) is 11.2. The number of nitrogens with one attached hydrogen (secondary N) is 1. The van der Waals surface area contributed by atoms with Crippen molar-refractivity contribution in [3.05, 3.63) is 42.5 Å². The molecule has 3 heteroatoms. The Kier molecular flexibility index (Phi) is 2.68. The molecule has 0 unspecified atom stereocenters. The zero-order valence-electron chi connectivity index (χ0n) is 13.6. The number of hydrogen-bond acceptors (Lipinski definition) is 3. The molecule has 3 heterocycles. The van der Waals surface area contributed by atoms with Crippen LogP contribution < -0.4 is 5.32 Å². The molecule has 2 saturated heterocycles. The lowest BCUT2D eigenvalue weighted by atomic mass is 9.63. The third kappa shape index (κ3) is 1.52.